The molecule has 0 aliphatic rings. The average molecular weight is 431 g/mol. The van der Waals surface area contributed by atoms with E-state index in [0.717, 1.165) is 5.56 Å². The van der Waals surface area contributed by atoms with E-state index in [0.29, 0.717) is 29.0 Å². The Morgan fingerprint density at radius 2 is 1.44 bits per heavy atom. The highest BCUT2D eigenvalue weighted by molar-refractivity contribution is 5.98. The van der Waals surface area contributed by atoms with Crippen LogP contribution in [0, 0.1) is 0 Å². The summed E-state index contributed by atoms with van der Waals surface area (Å²) in [4.78, 5) is 38.4. The van der Waals surface area contributed by atoms with Gasteiger partial charge < -0.3 is 20.9 Å². The number of hydrogen-bond acceptors (Lipinski definition) is 4. The second-order valence-corrected chi connectivity index (χ2v) is 7.43. The summed E-state index contributed by atoms with van der Waals surface area (Å²) in [6.45, 7) is 0.444. The zero-order valence-electron chi connectivity index (χ0n) is 18.1. The van der Waals surface area contributed by atoms with Gasteiger partial charge >= 0.3 is 0 Å². The molecule has 0 radical (unpaired) electrons. The van der Waals surface area contributed by atoms with E-state index in [4.69, 9.17) is 0 Å². The minimum absolute atomic E-state index is 0.0179. The van der Waals surface area contributed by atoms with E-state index in [1.54, 1.807) is 62.6 Å². The molecule has 0 fully saturated rings. The van der Waals surface area contributed by atoms with Crippen LogP contribution in [0.2, 0.25) is 0 Å². The number of carbonyl (C=O) groups excluding carboxylic acids is 3. The molecule has 0 atom stereocenters. The van der Waals surface area contributed by atoms with Crippen molar-refractivity contribution in [3.05, 3.63) is 95.6 Å². The highest BCUT2D eigenvalue weighted by Crippen LogP contribution is 2.13. The van der Waals surface area contributed by atoms with Gasteiger partial charge in [-0.05, 0) is 42.0 Å². The lowest BCUT2D eigenvalue weighted by molar-refractivity contribution is -0.114. The minimum atomic E-state index is -0.267. The Kier molecular flexibility index (Phi) is 7.59. The molecule has 0 unspecified atom stereocenters. The molecule has 164 valence electrons. The zero-order chi connectivity index (χ0) is 22.9. The molecule has 0 spiro atoms. The van der Waals surface area contributed by atoms with Crippen molar-refractivity contribution in [1.29, 1.82) is 0 Å². The lowest BCUT2D eigenvalue weighted by atomic mass is 10.1. The third-order valence-corrected chi connectivity index (χ3v) is 4.67. The maximum atomic E-state index is 12.4. The SMILES string of the molecule is CN(C)C(=O)c1cccc(NCC(=O)Nc2cccc(C(=O)NCc3ccccc3)c2)c1. The van der Waals surface area contributed by atoms with Gasteiger partial charge in [-0.1, -0.05) is 42.5 Å². The Labute approximate surface area is 187 Å². The summed E-state index contributed by atoms with van der Waals surface area (Å²) in [7, 11) is 3.37. The van der Waals surface area contributed by atoms with Crippen LogP contribution in [0.4, 0.5) is 11.4 Å². The van der Waals surface area contributed by atoms with Crippen molar-refractivity contribution in [1.82, 2.24) is 10.2 Å². The van der Waals surface area contributed by atoms with Crippen molar-refractivity contribution in [2.75, 3.05) is 31.3 Å². The third-order valence-electron chi connectivity index (χ3n) is 4.67. The van der Waals surface area contributed by atoms with Gasteiger partial charge in [0.05, 0.1) is 6.54 Å². The standard InChI is InChI=1S/C25H26N4O3/c1-29(2)25(32)20-11-7-12-21(15-20)26-17-23(30)28-22-13-6-10-19(14-22)24(31)27-16-18-8-4-3-5-9-18/h3-15,26H,16-17H2,1-2H3,(H,27,31)(H,28,30). The molecule has 3 aromatic rings. The van der Waals surface area contributed by atoms with E-state index in [1.165, 1.54) is 4.90 Å². The Morgan fingerprint density at radius 1 is 0.781 bits per heavy atom. The van der Waals surface area contributed by atoms with Gasteiger partial charge in [-0.3, -0.25) is 14.4 Å². The summed E-state index contributed by atoms with van der Waals surface area (Å²) < 4.78 is 0. The number of hydrogen-bond donors (Lipinski definition) is 3. The number of amides is 3. The molecular formula is C25H26N4O3. The Hall–Kier alpha value is -4.13. The van der Waals surface area contributed by atoms with Crippen LogP contribution in [0.15, 0.2) is 78.9 Å². The second kappa shape index (κ2) is 10.8. The smallest absolute Gasteiger partial charge is 0.253 e. The van der Waals surface area contributed by atoms with Gasteiger partial charge in [-0.15, -0.1) is 0 Å². The largest absolute Gasteiger partial charge is 0.376 e. The van der Waals surface area contributed by atoms with Gasteiger partial charge in [0.25, 0.3) is 11.8 Å². The molecule has 7 heteroatoms. The predicted octanol–water partition coefficient (Wildman–Crippen LogP) is 3.37. The summed E-state index contributed by atoms with van der Waals surface area (Å²) in [5.74, 6) is -0.595. The first-order valence-electron chi connectivity index (χ1n) is 10.2. The maximum Gasteiger partial charge on any atom is 0.253 e. The van der Waals surface area contributed by atoms with Crippen LogP contribution in [0.3, 0.4) is 0 Å². The second-order valence-electron chi connectivity index (χ2n) is 7.43. The predicted molar refractivity (Wildman–Crippen MR) is 126 cm³/mol. The Bertz CT molecular complexity index is 1100. The highest BCUT2D eigenvalue weighted by Gasteiger charge is 2.10. The van der Waals surface area contributed by atoms with E-state index in [-0.39, 0.29) is 24.3 Å². The fourth-order valence-electron chi connectivity index (χ4n) is 3.03. The molecule has 0 aliphatic carbocycles. The fourth-order valence-corrected chi connectivity index (χ4v) is 3.03. The maximum absolute atomic E-state index is 12.4. The van der Waals surface area contributed by atoms with Crippen LogP contribution >= 0.6 is 0 Å². The summed E-state index contributed by atoms with van der Waals surface area (Å²) >= 11 is 0. The third kappa shape index (κ3) is 6.43. The van der Waals surface area contributed by atoms with Crippen LogP contribution in [0.25, 0.3) is 0 Å². The molecule has 32 heavy (non-hydrogen) atoms. The molecule has 3 N–H and O–H groups in total. The molecule has 3 rings (SSSR count). The van der Waals surface area contributed by atoms with Gasteiger partial charge in [-0.2, -0.15) is 0 Å². The van der Waals surface area contributed by atoms with Crippen LogP contribution < -0.4 is 16.0 Å². The number of nitrogens with zero attached hydrogens (tertiary/aromatic N) is 1. The quantitative estimate of drug-likeness (QED) is 0.511. The van der Waals surface area contributed by atoms with Crippen molar-refractivity contribution >= 4 is 29.1 Å². The van der Waals surface area contributed by atoms with E-state index >= 15 is 0 Å². The first kappa shape index (κ1) is 22.6. The first-order chi connectivity index (χ1) is 15.4. The summed E-state index contributed by atoms with van der Waals surface area (Å²) in [5, 5.41) is 8.66. The monoisotopic (exact) mass is 430 g/mol. The summed E-state index contributed by atoms with van der Waals surface area (Å²) in [6, 6.07) is 23.4. The van der Waals surface area contributed by atoms with Crippen LogP contribution in [0.5, 0.6) is 0 Å². The van der Waals surface area contributed by atoms with E-state index < -0.39 is 0 Å². The molecule has 0 saturated heterocycles. The molecule has 0 heterocycles. The van der Waals surface area contributed by atoms with Crippen molar-refractivity contribution in [2.24, 2.45) is 0 Å². The molecule has 0 saturated carbocycles. The van der Waals surface area contributed by atoms with E-state index in [2.05, 4.69) is 16.0 Å². The van der Waals surface area contributed by atoms with Crippen LogP contribution in [-0.4, -0.2) is 43.3 Å². The topological polar surface area (TPSA) is 90.5 Å². The molecule has 0 aliphatic heterocycles. The molecule has 0 aromatic heterocycles. The van der Waals surface area contributed by atoms with Crippen molar-refractivity contribution in [3.63, 3.8) is 0 Å². The van der Waals surface area contributed by atoms with E-state index in [1.807, 2.05) is 30.3 Å². The van der Waals surface area contributed by atoms with Gasteiger partial charge in [0.15, 0.2) is 0 Å². The van der Waals surface area contributed by atoms with Gasteiger partial charge in [0.2, 0.25) is 5.91 Å². The Morgan fingerprint density at radius 3 is 2.16 bits per heavy atom. The van der Waals surface area contributed by atoms with E-state index in [9.17, 15) is 14.4 Å². The fraction of sp³-hybridized carbons (Fsp3) is 0.160. The number of nitrogens with one attached hydrogen (secondary N) is 3. The van der Waals surface area contributed by atoms with Gasteiger partial charge in [-0.25, -0.2) is 0 Å². The van der Waals surface area contributed by atoms with Crippen LogP contribution in [0.1, 0.15) is 26.3 Å². The van der Waals surface area contributed by atoms with Crippen molar-refractivity contribution in [2.45, 2.75) is 6.54 Å². The molecule has 3 amide bonds. The number of rotatable bonds is 8. The summed E-state index contributed by atoms with van der Waals surface area (Å²) in [5.41, 5.74) is 3.20. The van der Waals surface area contributed by atoms with Crippen molar-refractivity contribution < 1.29 is 14.4 Å². The first-order valence-corrected chi connectivity index (χ1v) is 10.2. The Balaban J connectivity index is 1.54. The van der Waals surface area contributed by atoms with Gasteiger partial charge in [0, 0.05) is 43.1 Å². The molecule has 7 nitrogen and oxygen atoms in total. The zero-order valence-corrected chi connectivity index (χ0v) is 18.1. The number of benzene rings is 3. The molecule has 0 bridgehead atoms. The lowest BCUT2D eigenvalue weighted by Crippen LogP contribution is -2.24. The van der Waals surface area contributed by atoms with Gasteiger partial charge in [0.1, 0.15) is 0 Å². The minimum Gasteiger partial charge on any atom is -0.376 e. The number of carbonyl (C=O) groups is 3. The lowest BCUT2D eigenvalue weighted by Gasteiger charge is -2.12. The normalized spacial score (nSPS) is 10.2. The number of anilines is 2. The van der Waals surface area contributed by atoms with Crippen LogP contribution in [-0.2, 0) is 11.3 Å². The highest BCUT2D eigenvalue weighted by atomic mass is 16.2. The average Bonchev–Trinajstić information content (AvgIpc) is 2.81. The summed E-state index contributed by atoms with van der Waals surface area (Å²) in [6.07, 6.45) is 0. The van der Waals surface area contributed by atoms with Crippen molar-refractivity contribution in [3.8, 4) is 0 Å². The molecular weight excluding hydrogens is 404 g/mol. The molecule has 3 aromatic carbocycles.